The number of rotatable bonds is 7. The zero-order chi connectivity index (χ0) is 13.5. The molecule has 0 aliphatic carbocycles. The van der Waals surface area contributed by atoms with Gasteiger partial charge in [0.1, 0.15) is 0 Å². The number of aryl methyl sites for hydroxylation is 1. The van der Waals surface area contributed by atoms with Crippen molar-refractivity contribution in [3.05, 3.63) is 52.5 Å². The highest BCUT2D eigenvalue weighted by atomic mass is 32.1. The molecular weight excluding hydrogens is 256 g/mol. The van der Waals surface area contributed by atoms with Crippen LogP contribution in [0.1, 0.15) is 29.2 Å². The Morgan fingerprint density at radius 1 is 1.26 bits per heavy atom. The fourth-order valence-electron chi connectivity index (χ4n) is 2.27. The molecule has 2 aromatic heterocycles. The summed E-state index contributed by atoms with van der Waals surface area (Å²) in [4.78, 5) is 5.37. The van der Waals surface area contributed by atoms with Crippen molar-refractivity contribution < 1.29 is 5.11 Å². The van der Waals surface area contributed by atoms with E-state index in [1.54, 1.807) is 23.7 Å². The Balaban J connectivity index is 1.85. The van der Waals surface area contributed by atoms with Crippen LogP contribution in [0, 0.1) is 0 Å². The van der Waals surface area contributed by atoms with Crippen LogP contribution in [0.4, 0.5) is 0 Å². The highest BCUT2D eigenvalue weighted by molar-refractivity contribution is 7.09. The van der Waals surface area contributed by atoms with E-state index < -0.39 is 0 Å². The molecule has 2 unspecified atom stereocenters. The van der Waals surface area contributed by atoms with Gasteiger partial charge in [0.15, 0.2) is 0 Å². The maximum atomic E-state index is 10.3. The number of thiophene rings is 1. The molecule has 0 aromatic carbocycles. The zero-order valence-corrected chi connectivity index (χ0v) is 11.7. The molecule has 0 fully saturated rings. The normalized spacial score (nSPS) is 14.2. The van der Waals surface area contributed by atoms with Gasteiger partial charge in [-0.05, 0) is 48.4 Å². The summed E-state index contributed by atoms with van der Waals surface area (Å²) < 4.78 is 0. The summed E-state index contributed by atoms with van der Waals surface area (Å²) in [5.74, 6) is 0.00587. The Bertz CT molecular complexity index is 458. The number of pyridine rings is 1. The fraction of sp³-hybridized carbons (Fsp3) is 0.400. The van der Waals surface area contributed by atoms with Gasteiger partial charge in [-0.3, -0.25) is 4.98 Å². The number of hydrogen-bond acceptors (Lipinski definition) is 4. The number of nitrogens with zero attached hydrogens (tertiary/aromatic N) is 1. The van der Waals surface area contributed by atoms with Crippen molar-refractivity contribution >= 4 is 11.3 Å². The van der Waals surface area contributed by atoms with Crippen LogP contribution in [0.5, 0.6) is 0 Å². The van der Waals surface area contributed by atoms with Crippen LogP contribution >= 0.6 is 11.3 Å². The van der Waals surface area contributed by atoms with Gasteiger partial charge in [0.2, 0.25) is 0 Å². The average Bonchev–Trinajstić information content (AvgIpc) is 2.94. The second kappa shape index (κ2) is 7.38. The lowest BCUT2D eigenvalue weighted by atomic mass is 9.91. The molecule has 0 aliphatic heterocycles. The van der Waals surface area contributed by atoms with E-state index in [4.69, 9.17) is 5.73 Å². The smallest absolute Gasteiger partial charge is 0.0621 e. The molecule has 0 aliphatic rings. The third kappa shape index (κ3) is 4.13. The van der Waals surface area contributed by atoms with Crippen LogP contribution in [0.25, 0.3) is 0 Å². The van der Waals surface area contributed by atoms with Crippen LogP contribution in [-0.4, -0.2) is 22.7 Å². The van der Waals surface area contributed by atoms with E-state index in [1.807, 2.05) is 12.1 Å². The summed E-state index contributed by atoms with van der Waals surface area (Å²) >= 11 is 1.77. The minimum Gasteiger partial charge on any atom is -0.392 e. The predicted molar refractivity (Wildman–Crippen MR) is 79.3 cm³/mol. The molecule has 3 nitrogen and oxygen atoms in total. The van der Waals surface area contributed by atoms with Gasteiger partial charge in [-0.25, -0.2) is 0 Å². The summed E-state index contributed by atoms with van der Waals surface area (Å²) in [6.07, 6.45) is 5.91. The van der Waals surface area contributed by atoms with Gasteiger partial charge >= 0.3 is 0 Å². The SMILES string of the molecule is NCC(c1ccncc1)C(O)CCCc1cccs1. The van der Waals surface area contributed by atoms with E-state index in [2.05, 4.69) is 22.5 Å². The monoisotopic (exact) mass is 276 g/mol. The molecule has 19 heavy (non-hydrogen) atoms. The number of aromatic nitrogens is 1. The van der Waals surface area contributed by atoms with Crippen LogP contribution < -0.4 is 5.73 Å². The lowest BCUT2D eigenvalue weighted by molar-refractivity contribution is 0.133. The Kier molecular flexibility index (Phi) is 5.51. The van der Waals surface area contributed by atoms with Crippen molar-refractivity contribution in [2.75, 3.05) is 6.54 Å². The van der Waals surface area contributed by atoms with E-state index in [0.29, 0.717) is 6.54 Å². The first-order valence-corrected chi connectivity index (χ1v) is 7.49. The third-order valence-corrected chi connectivity index (χ3v) is 4.29. The Hall–Kier alpha value is -1.23. The molecule has 2 atom stereocenters. The van der Waals surface area contributed by atoms with Crippen LogP contribution in [-0.2, 0) is 6.42 Å². The molecule has 0 amide bonds. The molecule has 0 saturated heterocycles. The largest absolute Gasteiger partial charge is 0.392 e. The molecule has 0 saturated carbocycles. The van der Waals surface area contributed by atoms with Gasteiger partial charge in [-0.2, -0.15) is 0 Å². The number of nitrogens with two attached hydrogens (primary N) is 1. The number of aliphatic hydroxyl groups excluding tert-OH is 1. The maximum Gasteiger partial charge on any atom is 0.0621 e. The first-order valence-electron chi connectivity index (χ1n) is 6.61. The number of hydrogen-bond donors (Lipinski definition) is 2. The molecule has 2 aromatic rings. The Morgan fingerprint density at radius 3 is 2.68 bits per heavy atom. The number of aliphatic hydroxyl groups is 1. The van der Waals surface area contributed by atoms with Crippen molar-refractivity contribution in [2.45, 2.75) is 31.3 Å². The summed E-state index contributed by atoms with van der Waals surface area (Å²) in [6.45, 7) is 0.462. The molecule has 2 rings (SSSR count). The molecule has 0 bridgehead atoms. The topological polar surface area (TPSA) is 59.1 Å². The first kappa shape index (κ1) is 14.2. The lowest BCUT2D eigenvalue weighted by Crippen LogP contribution is -2.26. The standard InChI is InChI=1S/C15H20N2OS/c16-11-14(12-6-8-17-9-7-12)15(18)5-1-3-13-4-2-10-19-13/h2,4,6-10,14-15,18H,1,3,5,11,16H2. The van der Waals surface area contributed by atoms with Gasteiger partial charge in [0, 0.05) is 29.7 Å². The molecule has 3 N–H and O–H groups in total. The van der Waals surface area contributed by atoms with E-state index in [9.17, 15) is 5.11 Å². The molecule has 102 valence electrons. The summed E-state index contributed by atoms with van der Waals surface area (Å²) in [5.41, 5.74) is 6.86. The van der Waals surface area contributed by atoms with Gasteiger partial charge in [-0.15, -0.1) is 11.3 Å². The van der Waals surface area contributed by atoms with E-state index >= 15 is 0 Å². The first-order chi connectivity index (χ1) is 9.31. The Morgan fingerprint density at radius 2 is 2.05 bits per heavy atom. The molecule has 0 spiro atoms. The highest BCUT2D eigenvalue weighted by Gasteiger charge is 2.19. The Labute approximate surface area is 118 Å². The van der Waals surface area contributed by atoms with Crippen LogP contribution in [0.2, 0.25) is 0 Å². The quantitative estimate of drug-likeness (QED) is 0.817. The predicted octanol–water partition coefficient (Wildman–Crippen LogP) is 2.57. The molecular formula is C15H20N2OS. The lowest BCUT2D eigenvalue weighted by Gasteiger charge is -2.21. The molecule has 0 radical (unpaired) electrons. The molecule has 2 heterocycles. The van der Waals surface area contributed by atoms with E-state index in [-0.39, 0.29) is 12.0 Å². The fourth-order valence-corrected chi connectivity index (χ4v) is 3.02. The van der Waals surface area contributed by atoms with Crippen LogP contribution in [0.15, 0.2) is 42.0 Å². The molecule has 4 heteroatoms. The highest BCUT2D eigenvalue weighted by Crippen LogP contribution is 2.22. The minimum absolute atomic E-state index is 0.00587. The average molecular weight is 276 g/mol. The summed E-state index contributed by atoms with van der Waals surface area (Å²) in [6, 6.07) is 8.07. The van der Waals surface area contributed by atoms with Crippen molar-refractivity contribution in [1.82, 2.24) is 4.98 Å². The van der Waals surface area contributed by atoms with Crippen molar-refractivity contribution in [3.8, 4) is 0 Å². The van der Waals surface area contributed by atoms with Crippen LogP contribution in [0.3, 0.4) is 0 Å². The van der Waals surface area contributed by atoms with Gasteiger partial charge in [0.25, 0.3) is 0 Å². The summed E-state index contributed by atoms with van der Waals surface area (Å²) in [5, 5.41) is 12.4. The van der Waals surface area contributed by atoms with Gasteiger partial charge < -0.3 is 10.8 Å². The second-order valence-electron chi connectivity index (χ2n) is 4.66. The second-order valence-corrected chi connectivity index (χ2v) is 5.69. The maximum absolute atomic E-state index is 10.3. The van der Waals surface area contributed by atoms with Crippen molar-refractivity contribution in [1.29, 1.82) is 0 Å². The van der Waals surface area contributed by atoms with Gasteiger partial charge in [0.05, 0.1) is 6.10 Å². The third-order valence-electron chi connectivity index (χ3n) is 3.36. The van der Waals surface area contributed by atoms with Crippen molar-refractivity contribution in [3.63, 3.8) is 0 Å². The zero-order valence-electron chi connectivity index (χ0n) is 10.9. The summed E-state index contributed by atoms with van der Waals surface area (Å²) in [7, 11) is 0. The van der Waals surface area contributed by atoms with Gasteiger partial charge in [-0.1, -0.05) is 6.07 Å². The van der Waals surface area contributed by atoms with Crippen molar-refractivity contribution in [2.24, 2.45) is 5.73 Å². The minimum atomic E-state index is -0.382. The van der Waals surface area contributed by atoms with E-state index in [1.165, 1.54) is 4.88 Å². The van der Waals surface area contributed by atoms with E-state index in [0.717, 1.165) is 24.8 Å².